The molecular formula is C12H12BrFN2O4. The molecule has 6 nitrogen and oxygen atoms in total. The third kappa shape index (κ3) is 3.26. The molecular weight excluding hydrogens is 335 g/mol. The number of hydrogen-bond acceptors (Lipinski definition) is 3. The van der Waals surface area contributed by atoms with Crippen LogP contribution in [0, 0.1) is 5.82 Å². The molecule has 0 aromatic heterocycles. The first-order chi connectivity index (χ1) is 9.49. The summed E-state index contributed by atoms with van der Waals surface area (Å²) in [5.41, 5.74) is 0.374. The van der Waals surface area contributed by atoms with Gasteiger partial charge in [-0.3, -0.25) is 0 Å². The van der Waals surface area contributed by atoms with Crippen LogP contribution in [0.2, 0.25) is 0 Å². The molecule has 1 unspecified atom stereocenters. The van der Waals surface area contributed by atoms with Crippen LogP contribution in [0.15, 0.2) is 22.7 Å². The van der Waals surface area contributed by atoms with Crippen molar-refractivity contribution >= 4 is 33.6 Å². The van der Waals surface area contributed by atoms with Crippen LogP contribution in [0.5, 0.6) is 0 Å². The lowest BCUT2D eigenvalue weighted by atomic mass is 10.2. The summed E-state index contributed by atoms with van der Waals surface area (Å²) in [6, 6.07) is 2.43. The molecule has 2 rings (SSSR count). The molecule has 0 aliphatic carbocycles. The number of anilines is 1. The third-order valence-corrected chi connectivity index (χ3v) is 3.45. The number of nitrogens with zero attached hydrogens (tertiary/aromatic N) is 1. The first kappa shape index (κ1) is 14.7. The van der Waals surface area contributed by atoms with Crippen LogP contribution < -0.4 is 5.32 Å². The van der Waals surface area contributed by atoms with Gasteiger partial charge in [0.05, 0.1) is 17.7 Å². The minimum Gasteiger partial charge on any atom is -0.480 e. The Labute approximate surface area is 122 Å². The fourth-order valence-electron chi connectivity index (χ4n) is 1.82. The van der Waals surface area contributed by atoms with Gasteiger partial charge in [0.25, 0.3) is 0 Å². The van der Waals surface area contributed by atoms with Gasteiger partial charge < -0.3 is 20.1 Å². The van der Waals surface area contributed by atoms with Gasteiger partial charge in [-0.25, -0.2) is 14.0 Å². The normalized spacial score (nSPS) is 18.7. The Morgan fingerprint density at radius 1 is 1.50 bits per heavy atom. The molecule has 1 atom stereocenters. The van der Waals surface area contributed by atoms with Gasteiger partial charge in [0, 0.05) is 12.2 Å². The predicted molar refractivity (Wildman–Crippen MR) is 72.1 cm³/mol. The number of benzene rings is 1. The van der Waals surface area contributed by atoms with Crippen LogP contribution >= 0.6 is 15.9 Å². The number of carboxylic acids is 1. The molecule has 2 N–H and O–H groups in total. The number of carbonyl (C=O) groups is 2. The van der Waals surface area contributed by atoms with Gasteiger partial charge in [-0.1, -0.05) is 0 Å². The fraction of sp³-hybridized carbons (Fsp3) is 0.333. The smallest absolute Gasteiger partial charge is 0.328 e. The first-order valence-corrected chi connectivity index (χ1v) is 6.61. The number of nitrogens with one attached hydrogen (secondary N) is 1. The van der Waals surface area contributed by atoms with Crippen LogP contribution in [0.3, 0.4) is 0 Å². The van der Waals surface area contributed by atoms with Crippen LogP contribution in [-0.2, 0) is 9.53 Å². The second-order valence-corrected chi connectivity index (χ2v) is 5.04. The molecule has 2 amide bonds. The molecule has 1 aliphatic heterocycles. The van der Waals surface area contributed by atoms with E-state index in [0.29, 0.717) is 5.69 Å². The van der Waals surface area contributed by atoms with Crippen LogP contribution in [0.4, 0.5) is 14.9 Å². The quantitative estimate of drug-likeness (QED) is 0.857. The molecule has 0 spiro atoms. The summed E-state index contributed by atoms with van der Waals surface area (Å²) < 4.78 is 18.4. The van der Waals surface area contributed by atoms with Gasteiger partial charge in [0.2, 0.25) is 0 Å². The Balaban J connectivity index is 2.09. The Hall–Kier alpha value is -1.67. The number of carboxylic acid groups (broad SMARTS) is 1. The van der Waals surface area contributed by atoms with Crippen molar-refractivity contribution in [1.29, 1.82) is 0 Å². The van der Waals surface area contributed by atoms with Crippen molar-refractivity contribution < 1.29 is 23.8 Å². The molecule has 0 saturated carbocycles. The van der Waals surface area contributed by atoms with E-state index >= 15 is 0 Å². The van der Waals surface area contributed by atoms with Gasteiger partial charge in [0.15, 0.2) is 6.04 Å². The molecule has 1 aliphatic rings. The highest BCUT2D eigenvalue weighted by molar-refractivity contribution is 9.10. The summed E-state index contributed by atoms with van der Waals surface area (Å²) in [6.07, 6.45) is 0. The molecule has 8 heteroatoms. The molecule has 1 fully saturated rings. The highest BCUT2D eigenvalue weighted by atomic mass is 79.9. The van der Waals surface area contributed by atoms with Crippen molar-refractivity contribution in [2.75, 3.05) is 25.1 Å². The minimum atomic E-state index is -1.12. The maximum Gasteiger partial charge on any atom is 0.328 e. The standard InChI is InChI=1S/C12H12BrFN2O4/c13-8-5-7(1-2-9(8)14)15-12(19)16-3-4-20-6-10(16)11(17)18/h1-2,5,10H,3-4,6H2,(H,15,19)(H,17,18). The number of aliphatic carboxylic acids is 1. The monoisotopic (exact) mass is 346 g/mol. The van der Waals surface area contributed by atoms with Crippen LogP contribution in [-0.4, -0.2) is 47.8 Å². The van der Waals surface area contributed by atoms with Gasteiger partial charge in [-0.05, 0) is 34.1 Å². The van der Waals surface area contributed by atoms with E-state index in [-0.39, 0.29) is 24.2 Å². The van der Waals surface area contributed by atoms with Crippen molar-refractivity contribution in [2.24, 2.45) is 0 Å². The molecule has 1 saturated heterocycles. The second kappa shape index (κ2) is 6.19. The Morgan fingerprint density at radius 3 is 2.90 bits per heavy atom. The second-order valence-electron chi connectivity index (χ2n) is 4.18. The lowest BCUT2D eigenvalue weighted by Gasteiger charge is -2.32. The summed E-state index contributed by atoms with van der Waals surface area (Å²) in [5, 5.41) is 11.6. The van der Waals surface area contributed by atoms with E-state index in [4.69, 9.17) is 9.84 Å². The van der Waals surface area contributed by atoms with Crippen molar-refractivity contribution in [3.05, 3.63) is 28.5 Å². The van der Waals surface area contributed by atoms with Gasteiger partial charge in [-0.2, -0.15) is 0 Å². The van der Waals surface area contributed by atoms with Crippen molar-refractivity contribution in [3.8, 4) is 0 Å². The SMILES string of the molecule is O=C(O)C1COCCN1C(=O)Nc1ccc(F)c(Br)c1. The average Bonchev–Trinajstić information content (AvgIpc) is 2.43. The maximum absolute atomic E-state index is 13.1. The summed E-state index contributed by atoms with van der Waals surface area (Å²) in [6.45, 7) is 0.422. The van der Waals surface area contributed by atoms with Crippen LogP contribution in [0.1, 0.15) is 0 Å². The third-order valence-electron chi connectivity index (χ3n) is 2.85. The van der Waals surface area contributed by atoms with Gasteiger partial charge in [-0.15, -0.1) is 0 Å². The molecule has 1 heterocycles. The van der Waals surface area contributed by atoms with Crippen molar-refractivity contribution in [2.45, 2.75) is 6.04 Å². The summed E-state index contributed by atoms with van der Waals surface area (Å²) in [4.78, 5) is 24.3. The van der Waals surface area contributed by atoms with E-state index in [1.54, 1.807) is 0 Å². The number of halogens is 2. The van der Waals surface area contributed by atoms with E-state index in [0.717, 1.165) is 0 Å². The first-order valence-electron chi connectivity index (χ1n) is 5.82. The van der Waals surface area contributed by atoms with Crippen molar-refractivity contribution in [1.82, 2.24) is 4.90 Å². The zero-order valence-electron chi connectivity index (χ0n) is 10.3. The van der Waals surface area contributed by atoms with E-state index in [1.807, 2.05) is 0 Å². The van der Waals surface area contributed by atoms with E-state index < -0.39 is 23.9 Å². The molecule has 20 heavy (non-hydrogen) atoms. The van der Waals surface area contributed by atoms with Crippen LogP contribution in [0.25, 0.3) is 0 Å². The van der Waals surface area contributed by atoms with E-state index in [9.17, 15) is 14.0 Å². The predicted octanol–water partition coefficient (Wildman–Crippen LogP) is 1.91. The summed E-state index contributed by atoms with van der Waals surface area (Å²) >= 11 is 3.01. The number of urea groups is 1. The minimum absolute atomic E-state index is 0.0458. The molecule has 1 aromatic carbocycles. The number of ether oxygens (including phenoxy) is 1. The summed E-state index contributed by atoms with van der Waals surface area (Å²) in [5.74, 6) is -1.57. The lowest BCUT2D eigenvalue weighted by Crippen LogP contribution is -2.53. The molecule has 0 bridgehead atoms. The number of amides is 2. The van der Waals surface area contributed by atoms with Crippen molar-refractivity contribution in [3.63, 3.8) is 0 Å². The zero-order chi connectivity index (χ0) is 14.7. The maximum atomic E-state index is 13.1. The topological polar surface area (TPSA) is 78.9 Å². The van der Waals surface area contributed by atoms with E-state index in [2.05, 4.69) is 21.2 Å². The fourth-order valence-corrected chi connectivity index (χ4v) is 2.20. The Morgan fingerprint density at radius 2 is 2.25 bits per heavy atom. The highest BCUT2D eigenvalue weighted by Crippen LogP contribution is 2.20. The molecule has 108 valence electrons. The van der Waals surface area contributed by atoms with Gasteiger partial charge in [0.1, 0.15) is 5.82 Å². The number of rotatable bonds is 2. The number of morpholine rings is 1. The van der Waals surface area contributed by atoms with Gasteiger partial charge >= 0.3 is 12.0 Å². The Kier molecular flexibility index (Phi) is 4.56. The number of hydrogen-bond donors (Lipinski definition) is 2. The zero-order valence-corrected chi connectivity index (χ0v) is 11.9. The van der Waals surface area contributed by atoms with E-state index in [1.165, 1.54) is 23.1 Å². The largest absolute Gasteiger partial charge is 0.480 e. The number of carbonyl (C=O) groups excluding carboxylic acids is 1. The Bertz CT molecular complexity index is 540. The lowest BCUT2D eigenvalue weighted by molar-refractivity contribution is -0.147. The highest BCUT2D eigenvalue weighted by Gasteiger charge is 2.32. The molecule has 1 aromatic rings. The molecule has 0 radical (unpaired) electrons. The average molecular weight is 347 g/mol. The summed E-state index contributed by atoms with van der Waals surface area (Å²) in [7, 11) is 0.